The van der Waals surface area contributed by atoms with Gasteiger partial charge in [0.05, 0.1) is 12.8 Å². The zero-order valence-electron chi connectivity index (χ0n) is 9.12. The highest BCUT2D eigenvalue weighted by atomic mass is 79.9. The van der Waals surface area contributed by atoms with E-state index in [9.17, 15) is 0 Å². The first-order valence-corrected chi connectivity index (χ1v) is 5.51. The molecule has 15 heavy (non-hydrogen) atoms. The van der Waals surface area contributed by atoms with Gasteiger partial charge in [-0.25, -0.2) is 4.99 Å². The van der Waals surface area contributed by atoms with Crippen LogP contribution in [-0.2, 0) is 0 Å². The summed E-state index contributed by atoms with van der Waals surface area (Å²) in [6, 6.07) is 5.63. The highest BCUT2D eigenvalue weighted by molar-refractivity contribution is 9.10. The van der Waals surface area contributed by atoms with Gasteiger partial charge in [0.25, 0.3) is 0 Å². The Morgan fingerprint density at radius 3 is 2.60 bits per heavy atom. The van der Waals surface area contributed by atoms with E-state index in [-0.39, 0.29) is 5.92 Å². The van der Waals surface area contributed by atoms with E-state index in [0.29, 0.717) is 5.84 Å². The third kappa shape index (κ3) is 3.55. The minimum absolute atomic E-state index is 0.245. The minimum Gasteiger partial charge on any atom is -0.497 e. The monoisotopic (exact) mass is 270 g/mol. The quantitative estimate of drug-likeness (QED) is 0.678. The van der Waals surface area contributed by atoms with Crippen LogP contribution < -0.4 is 10.5 Å². The SMILES string of the molecule is COc1cc(Br)cc(N=C(N)C(C)C)c1. The van der Waals surface area contributed by atoms with E-state index in [4.69, 9.17) is 10.5 Å². The van der Waals surface area contributed by atoms with E-state index in [1.54, 1.807) is 7.11 Å². The van der Waals surface area contributed by atoms with Crippen molar-refractivity contribution >= 4 is 27.5 Å². The fourth-order valence-electron chi connectivity index (χ4n) is 1.01. The fourth-order valence-corrected chi connectivity index (χ4v) is 1.47. The number of nitrogens with two attached hydrogens (primary N) is 1. The van der Waals surface area contributed by atoms with Crippen LogP contribution in [0.25, 0.3) is 0 Å². The summed E-state index contributed by atoms with van der Waals surface area (Å²) in [4.78, 5) is 4.31. The number of amidine groups is 1. The Hall–Kier alpha value is -1.03. The lowest BCUT2D eigenvalue weighted by Gasteiger charge is -2.06. The average molecular weight is 271 g/mol. The molecule has 0 unspecified atom stereocenters. The van der Waals surface area contributed by atoms with Crippen LogP contribution in [0.4, 0.5) is 5.69 Å². The molecule has 1 rings (SSSR count). The zero-order chi connectivity index (χ0) is 11.4. The zero-order valence-corrected chi connectivity index (χ0v) is 10.7. The summed E-state index contributed by atoms with van der Waals surface area (Å²) in [5, 5.41) is 0. The van der Waals surface area contributed by atoms with Gasteiger partial charge < -0.3 is 10.5 Å². The van der Waals surface area contributed by atoms with E-state index >= 15 is 0 Å². The molecule has 0 saturated heterocycles. The molecule has 2 N–H and O–H groups in total. The molecule has 3 nitrogen and oxygen atoms in total. The van der Waals surface area contributed by atoms with Gasteiger partial charge in [0.2, 0.25) is 0 Å². The van der Waals surface area contributed by atoms with Crippen LogP contribution in [0.5, 0.6) is 5.75 Å². The molecule has 4 heteroatoms. The molecule has 0 atom stereocenters. The van der Waals surface area contributed by atoms with Gasteiger partial charge in [-0.05, 0) is 12.1 Å². The Morgan fingerprint density at radius 2 is 2.07 bits per heavy atom. The second-order valence-electron chi connectivity index (χ2n) is 3.54. The first kappa shape index (κ1) is 12.0. The maximum absolute atomic E-state index is 5.78. The second-order valence-corrected chi connectivity index (χ2v) is 4.46. The fraction of sp³-hybridized carbons (Fsp3) is 0.364. The number of benzene rings is 1. The van der Waals surface area contributed by atoms with Crippen molar-refractivity contribution in [2.45, 2.75) is 13.8 Å². The Balaban J connectivity index is 3.04. The molecule has 82 valence electrons. The second kappa shape index (κ2) is 5.16. The molecule has 0 radical (unpaired) electrons. The number of nitrogens with zero attached hydrogens (tertiary/aromatic N) is 1. The van der Waals surface area contributed by atoms with Crippen molar-refractivity contribution in [3.63, 3.8) is 0 Å². The molecular formula is C11H15BrN2O. The summed E-state index contributed by atoms with van der Waals surface area (Å²) in [7, 11) is 1.63. The van der Waals surface area contributed by atoms with Crippen molar-refractivity contribution in [1.82, 2.24) is 0 Å². The number of ether oxygens (including phenoxy) is 1. The van der Waals surface area contributed by atoms with Crippen LogP contribution >= 0.6 is 15.9 Å². The lowest BCUT2D eigenvalue weighted by molar-refractivity contribution is 0.414. The lowest BCUT2D eigenvalue weighted by Crippen LogP contribution is -2.17. The smallest absolute Gasteiger partial charge is 0.122 e. The van der Waals surface area contributed by atoms with Crippen molar-refractivity contribution in [3.8, 4) is 5.75 Å². The van der Waals surface area contributed by atoms with E-state index in [0.717, 1.165) is 15.9 Å². The van der Waals surface area contributed by atoms with Crippen molar-refractivity contribution < 1.29 is 4.74 Å². The standard InChI is InChI=1S/C11H15BrN2O/c1-7(2)11(13)14-9-4-8(12)5-10(6-9)15-3/h4-7H,1-3H3,(H2,13,14). The van der Waals surface area contributed by atoms with E-state index in [1.807, 2.05) is 32.0 Å². The van der Waals surface area contributed by atoms with E-state index in [2.05, 4.69) is 20.9 Å². The predicted molar refractivity (Wildman–Crippen MR) is 66.8 cm³/mol. The third-order valence-electron chi connectivity index (χ3n) is 1.94. The van der Waals surface area contributed by atoms with Crippen molar-refractivity contribution in [1.29, 1.82) is 0 Å². The third-order valence-corrected chi connectivity index (χ3v) is 2.40. The average Bonchev–Trinajstić information content (AvgIpc) is 2.16. The van der Waals surface area contributed by atoms with Gasteiger partial charge in [-0.3, -0.25) is 0 Å². The van der Waals surface area contributed by atoms with Gasteiger partial charge in [-0.15, -0.1) is 0 Å². The Morgan fingerprint density at radius 1 is 1.40 bits per heavy atom. The summed E-state index contributed by atoms with van der Waals surface area (Å²) in [6.45, 7) is 4.02. The minimum atomic E-state index is 0.245. The van der Waals surface area contributed by atoms with Crippen LogP contribution in [0.3, 0.4) is 0 Å². The van der Waals surface area contributed by atoms with E-state index in [1.165, 1.54) is 0 Å². The molecule has 1 aromatic rings. The van der Waals surface area contributed by atoms with Gasteiger partial charge in [0, 0.05) is 16.5 Å². The maximum atomic E-state index is 5.78. The van der Waals surface area contributed by atoms with Crippen LogP contribution in [0, 0.1) is 5.92 Å². The molecule has 0 saturated carbocycles. The maximum Gasteiger partial charge on any atom is 0.122 e. The van der Waals surface area contributed by atoms with Crippen LogP contribution in [0.15, 0.2) is 27.7 Å². The Labute approximate surface area is 98.5 Å². The number of rotatable bonds is 3. The summed E-state index contributed by atoms with van der Waals surface area (Å²) in [5.41, 5.74) is 6.58. The summed E-state index contributed by atoms with van der Waals surface area (Å²) in [5.74, 6) is 1.63. The molecule has 0 spiro atoms. The normalized spacial score (nSPS) is 11.9. The van der Waals surface area contributed by atoms with Crippen LogP contribution in [0.2, 0.25) is 0 Å². The molecule has 0 aliphatic heterocycles. The summed E-state index contributed by atoms with van der Waals surface area (Å²) >= 11 is 3.39. The number of hydrogen-bond donors (Lipinski definition) is 1. The molecule has 0 aliphatic carbocycles. The summed E-state index contributed by atoms with van der Waals surface area (Å²) < 4.78 is 6.07. The van der Waals surface area contributed by atoms with Crippen LogP contribution in [0.1, 0.15) is 13.8 Å². The van der Waals surface area contributed by atoms with Gasteiger partial charge in [0.1, 0.15) is 11.6 Å². The molecule has 0 amide bonds. The highest BCUT2D eigenvalue weighted by Gasteiger charge is 2.02. The molecule has 0 aliphatic rings. The predicted octanol–water partition coefficient (Wildman–Crippen LogP) is 3.10. The molecule has 0 bridgehead atoms. The van der Waals surface area contributed by atoms with Crippen molar-refractivity contribution in [3.05, 3.63) is 22.7 Å². The highest BCUT2D eigenvalue weighted by Crippen LogP contribution is 2.26. The molecule has 0 aromatic heterocycles. The number of methoxy groups -OCH3 is 1. The van der Waals surface area contributed by atoms with Crippen molar-refractivity contribution in [2.24, 2.45) is 16.6 Å². The lowest BCUT2D eigenvalue weighted by atomic mass is 10.2. The van der Waals surface area contributed by atoms with Gasteiger partial charge in [-0.2, -0.15) is 0 Å². The molecule has 0 fully saturated rings. The van der Waals surface area contributed by atoms with Gasteiger partial charge >= 0.3 is 0 Å². The number of hydrogen-bond acceptors (Lipinski definition) is 2. The molecular weight excluding hydrogens is 256 g/mol. The first-order chi connectivity index (χ1) is 7.02. The van der Waals surface area contributed by atoms with Gasteiger partial charge in [-0.1, -0.05) is 29.8 Å². The van der Waals surface area contributed by atoms with E-state index < -0.39 is 0 Å². The Kier molecular flexibility index (Phi) is 4.15. The topological polar surface area (TPSA) is 47.6 Å². The molecule has 1 aromatic carbocycles. The van der Waals surface area contributed by atoms with Crippen LogP contribution in [-0.4, -0.2) is 12.9 Å². The summed E-state index contributed by atoms with van der Waals surface area (Å²) in [6.07, 6.45) is 0. The largest absolute Gasteiger partial charge is 0.497 e. The van der Waals surface area contributed by atoms with Crippen molar-refractivity contribution in [2.75, 3.05) is 7.11 Å². The number of aliphatic imine (C=N–C) groups is 1. The number of halogens is 1. The molecule has 0 heterocycles. The Bertz CT molecular complexity index is 375. The van der Waals surface area contributed by atoms with Gasteiger partial charge in [0.15, 0.2) is 0 Å². The first-order valence-electron chi connectivity index (χ1n) is 4.71.